The number of carboxylic acid groups (broad SMARTS) is 1. The maximum atomic E-state index is 11.2. The van der Waals surface area contributed by atoms with Gasteiger partial charge < -0.3 is 15.2 Å². The molecule has 0 amide bonds. The molecule has 4 heteroatoms. The van der Waals surface area contributed by atoms with Gasteiger partial charge in [-0.3, -0.25) is 4.79 Å². The Morgan fingerprint density at radius 3 is 2.22 bits per heavy atom. The topological polar surface area (TPSA) is 58.6 Å². The summed E-state index contributed by atoms with van der Waals surface area (Å²) >= 11 is 0. The quantitative estimate of drug-likeness (QED) is 0.625. The van der Waals surface area contributed by atoms with Gasteiger partial charge in [0.2, 0.25) is 0 Å². The van der Waals surface area contributed by atoms with E-state index in [4.69, 9.17) is 4.74 Å². The summed E-state index contributed by atoms with van der Waals surface area (Å²) in [6.45, 7) is 13.7. The standard InChI is InChI=1S/C14H29NO3/c1-11(2)7-9-18-10-8-15-14(5,6)13(3,4)12(16)17/h11,15H,7-10H2,1-6H3,(H,16,17). The van der Waals surface area contributed by atoms with E-state index < -0.39 is 16.9 Å². The third-order valence-corrected chi connectivity index (χ3v) is 3.75. The SMILES string of the molecule is CC(C)CCOCCNC(C)(C)C(C)(C)C(=O)O. The first-order chi connectivity index (χ1) is 8.11. The molecule has 0 saturated carbocycles. The molecule has 0 aliphatic rings. The van der Waals surface area contributed by atoms with Crippen LogP contribution in [-0.2, 0) is 9.53 Å². The molecule has 0 aliphatic heterocycles. The molecule has 0 rings (SSSR count). The van der Waals surface area contributed by atoms with Crippen molar-refractivity contribution in [3.05, 3.63) is 0 Å². The number of rotatable bonds is 9. The zero-order chi connectivity index (χ0) is 14.4. The van der Waals surface area contributed by atoms with Crippen LogP contribution < -0.4 is 5.32 Å². The first-order valence-electron chi connectivity index (χ1n) is 6.67. The highest BCUT2D eigenvalue weighted by Crippen LogP contribution is 2.30. The highest BCUT2D eigenvalue weighted by Gasteiger charge is 2.42. The fourth-order valence-corrected chi connectivity index (χ4v) is 1.35. The van der Waals surface area contributed by atoms with Gasteiger partial charge in [-0.25, -0.2) is 0 Å². The second kappa shape index (κ2) is 7.10. The molecule has 108 valence electrons. The molecule has 0 heterocycles. The summed E-state index contributed by atoms with van der Waals surface area (Å²) < 4.78 is 5.50. The molecular weight excluding hydrogens is 230 g/mol. The van der Waals surface area contributed by atoms with Crippen molar-refractivity contribution in [2.45, 2.75) is 53.5 Å². The molecule has 0 spiro atoms. The van der Waals surface area contributed by atoms with Gasteiger partial charge in [0, 0.05) is 18.7 Å². The van der Waals surface area contributed by atoms with Crippen LogP contribution in [0.2, 0.25) is 0 Å². The fraction of sp³-hybridized carbons (Fsp3) is 0.929. The van der Waals surface area contributed by atoms with Crippen molar-refractivity contribution in [1.82, 2.24) is 5.32 Å². The molecule has 18 heavy (non-hydrogen) atoms. The molecule has 0 atom stereocenters. The number of hydrogen-bond acceptors (Lipinski definition) is 3. The molecule has 2 N–H and O–H groups in total. The van der Waals surface area contributed by atoms with Crippen LogP contribution in [0.5, 0.6) is 0 Å². The van der Waals surface area contributed by atoms with Crippen molar-refractivity contribution in [2.75, 3.05) is 19.8 Å². The molecule has 0 fully saturated rings. The van der Waals surface area contributed by atoms with Crippen LogP contribution >= 0.6 is 0 Å². The Morgan fingerprint density at radius 1 is 1.22 bits per heavy atom. The van der Waals surface area contributed by atoms with Crippen LogP contribution in [0.3, 0.4) is 0 Å². The van der Waals surface area contributed by atoms with Crippen molar-refractivity contribution >= 4 is 5.97 Å². The summed E-state index contributed by atoms with van der Waals surface area (Å²) in [6.07, 6.45) is 1.06. The van der Waals surface area contributed by atoms with Crippen LogP contribution in [0.1, 0.15) is 48.0 Å². The third-order valence-electron chi connectivity index (χ3n) is 3.75. The minimum absolute atomic E-state index is 0.472. The highest BCUT2D eigenvalue weighted by atomic mass is 16.5. The molecule has 0 bridgehead atoms. The molecular formula is C14H29NO3. The van der Waals surface area contributed by atoms with Crippen LogP contribution in [0.25, 0.3) is 0 Å². The Morgan fingerprint density at radius 2 is 1.78 bits per heavy atom. The van der Waals surface area contributed by atoms with Gasteiger partial charge in [0.15, 0.2) is 0 Å². The van der Waals surface area contributed by atoms with Crippen molar-refractivity contribution in [3.63, 3.8) is 0 Å². The van der Waals surface area contributed by atoms with Crippen molar-refractivity contribution in [3.8, 4) is 0 Å². The zero-order valence-corrected chi connectivity index (χ0v) is 12.7. The molecule has 0 aromatic carbocycles. The number of hydrogen-bond donors (Lipinski definition) is 2. The number of aliphatic carboxylic acids is 1. The van der Waals surface area contributed by atoms with E-state index in [-0.39, 0.29) is 0 Å². The van der Waals surface area contributed by atoms with Crippen LogP contribution in [-0.4, -0.2) is 36.4 Å². The lowest BCUT2D eigenvalue weighted by Crippen LogP contribution is -2.55. The number of nitrogens with one attached hydrogen (secondary N) is 1. The maximum Gasteiger partial charge on any atom is 0.310 e. The Kier molecular flexibility index (Phi) is 6.86. The summed E-state index contributed by atoms with van der Waals surface area (Å²) in [5, 5.41) is 12.5. The molecule has 0 unspecified atom stereocenters. The predicted octanol–water partition coefficient (Wildman–Crippen LogP) is 2.53. The van der Waals surface area contributed by atoms with Gasteiger partial charge in [0.1, 0.15) is 0 Å². The minimum atomic E-state index is -0.815. The lowest BCUT2D eigenvalue weighted by molar-refractivity contribution is -0.151. The minimum Gasteiger partial charge on any atom is -0.481 e. The predicted molar refractivity (Wildman–Crippen MR) is 73.8 cm³/mol. The molecule has 0 radical (unpaired) electrons. The van der Waals surface area contributed by atoms with E-state index in [1.54, 1.807) is 13.8 Å². The van der Waals surface area contributed by atoms with Gasteiger partial charge in [-0.1, -0.05) is 13.8 Å². The lowest BCUT2D eigenvalue weighted by atomic mass is 9.74. The summed E-state index contributed by atoms with van der Waals surface area (Å²) in [6, 6.07) is 0. The average Bonchev–Trinajstić information content (AvgIpc) is 2.22. The monoisotopic (exact) mass is 259 g/mol. The smallest absolute Gasteiger partial charge is 0.310 e. The Hall–Kier alpha value is -0.610. The Bertz CT molecular complexity index is 260. The van der Waals surface area contributed by atoms with Crippen molar-refractivity contribution < 1.29 is 14.6 Å². The molecule has 4 nitrogen and oxygen atoms in total. The molecule has 0 saturated heterocycles. The average molecular weight is 259 g/mol. The van der Waals surface area contributed by atoms with Gasteiger partial charge in [-0.05, 0) is 40.0 Å². The van der Waals surface area contributed by atoms with Crippen molar-refractivity contribution in [1.29, 1.82) is 0 Å². The summed E-state index contributed by atoms with van der Waals surface area (Å²) in [5.41, 5.74) is -1.29. The second-order valence-corrected chi connectivity index (χ2v) is 6.28. The molecule has 0 aliphatic carbocycles. The largest absolute Gasteiger partial charge is 0.481 e. The highest BCUT2D eigenvalue weighted by molar-refractivity contribution is 5.75. The van der Waals surface area contributed by atoms with E-state index in [1.165, 1.54) is 0 Å². The number of ether oxygens (including phenoxy) is 1. The van der Waals surface area contributed by atoms with E-state index in [2.05, 4.69) is 19.2 Å². The normalized spacial score (nSPS) is 13.1. The van der Waals surface area contributed by atoms with E-state index in [1.807, 2.05) is 13.8 Å². The second-order valence-electron chi connectivity index (χ2n) is 6.28. The molecule has 0 aromatic heterocycles. The summed E-state index contributed by atoms with van der Waals surface area (Å²) in [4.78, 5) is 11.2. The van der Waals surface area contributed by atoms with Gasteiger partial charge in [0.05, 0.1) is 12.0 Å². The Labute approximate surface area is 111 Å². The molecule has 0 aromatic rings. The maximum absolute atomic E-state index is 11.2. The summed E-state index contributed by atoms with van der Waals surface area (Å²) in [5.74, 6) is -0.138. The van der Waals surface area contributed by atoms with Crippen molar-refractivity contribution in [2.24, 2.45) is 11.3 Å². The zero-order valence-electron chi connectivity index (χ0n) is 12.7. The van der Waals surface area contributed by atoms with Crippen LogP contribution in [0.15, 0.2) is 0 Å². The van der Waals surface area contributed by atoms with Gasteiger partial charge in [-0.15, -0.1) is 0 Å². The summed E-state index contributed by atoms with van der Waals surface area (Å²) in [7, 11) is 0. The van der Waals surface area contributed by atoms with Crippen LogP contribution in [0, 0.1) is 11.3 Å². The lowest BCUT2D eigenvalue weighted by Gasteiger charge is -2.39. The third kappa shape index (κ3) is 5.36. The van der Waals surface area contributed by atoms with E-state index in [9.17, 15) is 9.90 Å². The van der Waals surface area contributed by atoms with Gasteiger partial charge in [0.25, 0.3) is 0 Å². The first-order valence-corrected chi connectivity index (χ1v) is 6.67. The van der Waals surface area contributed by atoms with Crippen LogP contribution in [0.4, 0.5) is 0 Å². The first kappa shape index (κ1) is 17.4. The van der Waals surface area contributed by atoms with Gasteiger partial charge in [-0.2, -0.15) is 0 Å². The number of carboxylic acids is 1. The number of carbonyl (C=O) groups is 1. The van der Waals surface area contributed by atoms with E-state index in [0.717, 1.165) is 13.0 Å². The Balaban J connectivity index is 3.95. The van der Waals surface area contributed by atoms with Gasteiger partial charge >= 0.3 is 5.97 Å². The fourth-order valence-electron chi connectivity index (χ4n) is 1.35. The van der Waals surface area contributed by atoms with E-state index in [0.29, 0.717) is 19.1 Å². The van der Waals surface area contributed by atoms with E-state index >= 15 is 0 Å².